The molecule has 3 heterocycles. The molecule has 29 heavy (non-hydrogen) atoms. The SMILES string of the molecule is Cn1c(=O)n(-c2ccc(CC(N)C(=O)O)c3c2OCCC3)c(=O)c2ccncc21. The van der Waals surface area contributed by atoms with Crippen LogP contribution in [0.25, 0.3) is 16.6 Å². The van der Waals surface area contributed by atoms with Crippen molar-refractivity contribution < 1.29 is 14.6 Å². The monoisotopic (exact) mass is 396 g/mol. The molecule has 1 aromatic carbocycles. The fourth-order valence-corrected chi connectivity index (χ4v) is 3.71. The number of pyridine rings is 1. The highest BCUT2D eigenvalue weighted by molar-refractivity contribution is 5.77. The third-order valence-electron chi connectivity index (χ3n) is 5.23. The molecule has 0 amide bonds. The predicted molar refractivity (Wildman–Crippen MR) is 106 cm³/mol. The molecule has 1 atom stereocenters. The molecule has 0 aliphatic carbocycles. The van der Waals surface area contributed by atoms with E-state index in [4.69, 9.17) is 15.6 Å². The van der Waals surface area contributed by atoms with E-state index in [-0.39, 0.29) is 6.42 Å². The highest BCUT2D eigenvalue weighted by Gasteiger charge is 2.24. The number of carboxylic acids is 1. The van der Waals surface area contributed by atoms with Crippen molar-refractivity contribution in [3.05, 3.63) is 62.6 Å². The number of fused-ring (bicyclic) bond motifs is 2. The van der Waals surface area contributed by atoms with E-state index in [2.05, 4.69) is 4.98 Å². The number of carboxylic acid groups (broad SMARTS) is 1. The second-order valence-electron chi connectivity index (χ2n) is 7.03. The first-order valence-electron chi connectivity index (χ1n) is 9.22. The van der Waals surface area contributed by atoms with Crippen molar-refractivity contribution in [2.24, 2.45) is 12.8 Å². The minimum Gasteiger partial charge on any atom is -0.491 e. The van der Waals surface area contributed by atoms with Gasteiger partial charge in [-0.15, -0.1) is 0 Å². The Labute approximate surface area is 165 Å². The summed E-state index contributed by atoms with van der Waals surface area (Å²) in [6.45, 7) is 0.445. The molecule has 0 radical (unpaired) electrons. The number of benzene rings is 1. The number of ether oxygens (including phenoxy) is 1. The van der Waals surface area contributed by atoms with Gasteiger partial charge in [0, 0.05) is 13.2 Å². The summed E-state index contributed by atoms with van der Waals surface area (Å²) in [4.78, 5) is 41.2. The molecule has 150 valence electrons. The van der Waals surface area contributed by atoms with E-state index in [0.29, 0.717) is 35.4 Å². The lowest BCUT2D eigenvalue weighted by Crippen LogP contribution is -2.38. The zero-order valence-electron chi connectivity index (χ0n) is 15.8. The van der Waals surface area contributed by atoms with Crippen molar-refractivity contribution in [2.45, 2.75) is 25.3 Å². The Balaban J connectivity index is 1.97. The lowest BCUT2D eigenvalue weighted by molar-refractivity contribution is -0.138. The standard InChI is InChI=1S/C20H20N4O5/c1-23-16-10-22-7-6-13(16)18(25)24(20(23)28)15-5-4-11(9-14(21)19(26)27)12-3-2-8-29-17(12)15/h4-7,10,14H,2-3,8-9,21H2,1H3,(H,26,27). The second kappa shape index (κ2) is 7.17. The van der Waals surface area contributed by atoms with Gasteiger partial charge in [0.15, 0.2) is 0 Å². The first kappa shape index (κ1) is 18.9. The molecule has 9 nitrogen and oxygen atoms in total. The molecule has 2 aromatic heterocycles. The number of aryl methyl sites for hydroxylation is 1. The van der Waals surface area contributed by atoms with Gasteiger partial charge in [0.05, 0.1) is 29.4 Å². The molecular weight excluding hydrogens is 376 g/mol. The first-order chi connectivity index (χ1) is 13.9. The second-order valence-corrected chi connectivity index (χ2v) is 7.03. The molecule has 9 heteroatoms. The quantitative estimate of drug-likeness (QED) is 0.651. The summed E-state index contributed by atoms with van der Waals surface area (Å²) < 4.78 is 8.30. The molecular formula is C20H20N4O5. The first-order valence-corrected chi connectivity index (χ1v) is 9.22. The van der Waals surface area contributed by atoms with Crippen LogP contribution in [0.3, 0.4) is 0 Å². The molecule has 3 N–H and O–H groups in total. The molecule has 0 fully saturated rings. The molecule has 1 aliphatic rings. The molecule has 0 saturated carbocycles. The van der Waals surface area contributed by atoms with E-state index in [1.165, 1.54) is 17.0 Å². The smallest absolute Gasteiger partial charge is 0.336 e. The van der Waals surface area contributed by atoms with E-state index in [1.54, 1.807) is 25.2 Å². The van der Waals surface area contributed by atoms with Crippen LogP contribution in [-0.2, 0) is 24.7 Å². The van der Waals surface area contributed by atoms with Crippen molar-refractivity contribution in [3.8, 4) is 11.4 Å². The van der Waals surface area contributed by atoms with Crippen molar-refractivity contribution >= 4 is 16.9 Å². The van der Waals surface area contributed by atoms with Gasteiger partial charge in [-0.05, 0) is 42.5 Å². The van der Waals surface area contributed by atoms with Gasteiger partial charge >= 0.3 is 11.7 Å². The predicted octanol–water partition coefficient (Wildman–Crippen LogP) is 0.364. The lowest BCUT2D eigenvalue weighted by Gasteiger charge is -2.24. The summed E-state index contributed by atoms with van der Waals surface area (Å²) in [6, 6.07) is 3.86. The molecule has 3 aromatic rings. The van der Waals surface area contributed by atoms with Crippen LogP contribution in [0.1, 0.15) is 17.5 Å². The van der Waals surface area contributed by atoms with Crippen LogP contribution in [0.5, 0.6) is 5.75 Å². The fourth-order valence-electron chi connectivity index (χ4n) is 3.71. The highest BCUT2D eigenvalue weighted by Crippen LogP contribution is 2.34. The van der Waals surface area contributed by atoms with E-state index in [9.17, 15) is 14.4 Å². The van der Waals surface area contributed by atoms with Gasteiger partial charge in [-0.2, -0.15) is 0 Å². The van der Waals surface area contributed by atoms with E-state index < -0.39 is 23.3 Å². The molecule has 0 spiro atoms. The number of hydrogen-bond donors (Lipinski definition) is 2. The van der Waals surface area contributed by atoms with Crippen molar-refractivity contribution in [2.75, 3.05) is 6.61 Å². The van der Waals surface area contributed by atoms with E-state index >= 15 is 0 Å². The normalized spacial score (nSPS) is 14.3. The number of carbonyl (C=O) groups is 1. The summed E-state index contributed by atoms with van der Waals surface area (Å²) >= 11 is 0. The number of aromatic nitrogens is 3. The Morgan fingerprint density at radius 1 is 1.34 bits per heavy atom. The number of nitrogens with two attached hydrogens (primary N) is 1. The number of nitrogens with zero attached hydrogens (tertiary/aromatic N) is 3. The Bertz CT molecular complexity index is 1240. The number of aliphatic carboxylic acids is 1. The van der Waals surface area contributed by atoms with Crippen LogP contribution >= 0.6 is 0 Å². The van der Waals surface area contributed by atoms with Crippen LogP contribution in [0.15, 0.2) is 40.2 Å². The van der Waals surface area contributed by atoms with Crippen LogP contribution in [0.4, 0.5) is 0 Å². The van der Waals surface area contributed by atoms with Crippen molar-refractivity contribution in [1.82, 2.24) is 14.1 Å². The summed E-state index contributed by atoms with van der Waals surface area (Å²) in [6.07, 6.45) is 4.52. The maximum atomic E-state index is 13.1. The van der Waals surface area contributed by atoms with Gasteiger partial charge in [-0.1, -0.05) is 6.07 Å². The number of hydrogen-bond acceptors (Lipinski definition) is 6. The summed E-state index contributed by atoms with van der Waals surface area (Å²) in [5.41, 5.74) is 7.05. The zero-order valence-corrected chi connectivity index (χ0v) is 15.8. The Morgan fingerprint density at radius 3 is 2.90 bits per heavy atom. The molecule has 0 bridgehead atoms. The van der Waals surface area contributed by atoms with Gasteiger partial charge in [0.25, 0.3) is 5.56 Å². The van der Waals surface area contributed by atoms with Crippen LogP contribution < -0.4 is 21.7 Å². The fraction of sp³-hybridized carbons (Fsp3) is 0.300. The van der Waals surface area contributed by atoms with Gasteiger partial charge in [-0.3, -0.25) is 19.1 Å². The number of rotatable bonds is 4. The molecule has 1 aliphatic heterocycles. The molecule has 4 rings (SSSR count). The van der Waals surface area contributed by atoms with Crippen LogP contribution in [0, 0.1) is 0 Å². The van der Waals surface area contributed by atoms with Gasteiger partial charge in [0.2, 0.25) is 0 Å². The minimum atomic E-state index is -1.09. The average Bonchev–Trinajstić information content (AvgIpc) is 2.73. The lowest BCUT2D eigenvalue weighted by atomic mass is 9.94. The maximum Gasteiger partial charge on any atom is 0.336 e. The van der Waals surface area contributed by atoms with Gasteiger partial charge in [0.1, 0.15) is 11.8 Å². The highest BCUT2D eigenvalue weighted by atomic mass is 16.5. The van der Waals surface area contributed by atoms with E-state index in [1.807, 2.05) is 0 Å². The summed E-state index contributed by atoms with van der Waals surface area (Å²) in [5.74, 6) is -0.660. The third-order valence-corrected chi connectivity index (χ3v) is 5.23. The molecule has 0 saturated heterocycles. The Kier molecular flexibility index (Phi) is 4.67. The average molecular weight is 396 g/mol. The Hall–Kier alpha value is -3.46. The van der Waals surface area contributed by atoms with Gasteiger partial charge in [-0.25, -0.2) is 9.36 Å². The largest absolute Gasteiger partial charge is 0.491 e. The van der Waals surface area contributed by atoms with Crippen LogP contribution in [-0.4, -0.2) is 37.8 Å². The van der Waals surface area contributed by atoms with Crippen LogP contribution in [0.2, 0.25) is 0 Å². The zero-order chi connectivity index (χ0) is 20.7. The van der Waals surface area contributed by atoms with Crippen molar-refractivity contribution in [1.29, 1.82) is 0 Å². The van der Waals surface area contributed by atoms with Gasteiger partial charge < -0.3 is 15.6 Å². The summed E-state index contributed by atoms with van der Waals surface area (Å²) in [7, 11) is 1.58. The Morgan fingerprint density at radius 2 is 2.14 bits per heavy atom. The maximum absolute atomic E-state index is 13.1. The topological polar surface area (TPSA) is 129 Å². The minimum absolute atomic E-state index is 0.137. The molecule has 1 unspecified atom stereocenters. The van der Waals surface area contributed by atoms with Crippen molar-refractivity contribution in [3.63, 3.8) is 0 Å². The summed E-state index contributed by atoms with van der Waals surface area (Å²) in [5, 5.41) is 9.50. The third kappa shape index (κ3) is 3.09. The van der Waals surface area contributed by atoms with E-state index in [0.717, 1.165) is 22.1 Å².